The number of nitrogens with one attached hydrogen (secondary N) is 1. The van der Waals surface area contributed by atoms with Crippen LogP contribution in [-0.4, -0.2) is 104 Å². The van der Waals surface area contributed by atoms with Gasteiger partial charge in [-0.2, -0.15) is 13.5 Å². The van der Waals surface area contributed by atoms with Crippen LogP contribution < -0.4 is 5.32 Å². The molecule has 3 aliphatic heterocycles. The first-order valence-corrected chi connectivity index (χ1v) is 19.5. The maximum absolute atomic E-state index is 14.7. The van der Waals surface area contributed by atoms with E-state index in [-0.39, 0.29) is 19.6 Å². The number of phenolic OH excluding ortho intramolecular Hbond substituents is 2. The molecule has 4 atom stereocenters. The van der Waals surface area contributed by atoms with E-state index in [2.05, 4.69) is 10.4 Å². The number of phenols is 2. The van der Waals surface area contributed by atoms with Crippen LogP contribution in [0.4, 0.5) is 4.79 Å². The van der Waals surface area contributed by atoms with E-state index >= 15 is 0 Å². The Morgan fingerprint density at radius 3 is 2.11 bits per heavy atom. The number of hydrogen-bond acceptors (Lipinski definition) is 11. The Balaban J connectivity index is 1.21. The molecule has 4 aromatic rings. The van der Waals surface area contributed by atoms with E-state index < -0.39 is 83.7 Å². The summed E-state index contributed by atoms with van der Waals surface area (Å²) in [5.74, 6) is -4.46. The van der Waals surface area contributed by atoms with Crippen molar-refractivity contribution in [3.63, 3.8) is 0 Å². The number of halogens is 1. The summed E-state index contributed by atoms with van der Waals surface area (Å²) in [7, 11) is -5.26. The highest BCUT2D eigenvalue weighted by Gasteiger charge is 2.67. The summed E-state index contributed by atoms with van der Waals surface area (Å²) in [4.78, 5) is 56.7. The van der Waals surface area contributed by atoms with E-state index in [4.69, 9.17) is 16.3 Å². The summed E-state index contributed by atoms with van der Waals surface area (Å²) in [5, 5.41) is 23.8. The highest BCUT2D eigenvalue weighted by molar-refractivity contribution is 8.02. The van der Waals surface area contributed by atoms with Gasteiger partial charge in [0.1, 0.15) is 11.4 Å². The molecule has 18 heteroatoms. The van der Waals surface area contributed by atoms with Gasteiger partial charge >= 0.3 is 12.0 Å². The highest BCUT2D eigenvalue weighted by atomic mass is 35.5. The number of aromatic hydroxyl groups is 2. The summed E-state index contributed by atoms with van der Waals surface area (Å²) in [6, 6.07) is 26.4. The van der Waals surface area contributed by atoms with E-state index in [0.717, 1.165) is 23.4 Å². The van der Waals surface area contributed by atoms with Gasteiger partial charge in [-0.25, -0.2) is 14.6 Å². The Hall–Kier alpha value is -5.62. The lowest BCUT2D eigenvalue weighted by atomic mass is 10.0. The van der Waals surface area contributed by atoms with Crippen molar-refractivity contribution in [3.05, 3.63) is 130 Å². The van der Waals surface area contributed by atoms with Crippen molar-refractivity contribution in [1.82, 2.24) is 20.1 Å². The quantitative estimate of drug-likeness (QED) is 0.0563. The largest absolute Gasteiger partial charge is 0.504 e. The molecule has 0 aromatic heterocycles. The van der Waals surface area contributed by atoms with Crippen LogP contribution in [-0.2, 0) is 29.2 Å². The number of rotatable bonds is 11. The molecule has 55 heavy (non-hydrogen) atoms. The molecule has 3 aliphatic rings. The Labute approximate surface area is 323 Å². The molecule has 0 aliphatic carbocycles. The van der Waals surface area contributed by atoms with E-state index in [1.165, 1.54) is 21.0 Å². The Morgan fingerprint density at radius 2 is 1.51 bits per heavy atom. The number of fused-ring (bicyclic) bond motifs is 1. The average molecular weight is 806 g/mol. The third kappa shape index (κ3) is 7.18. The molecular weight excluding hydrogens is 774 g/mol. The van der Waals surface area contributed by atoms with Crippen LogP contribution in [0.5, 0.6) is 11.5 Å². The summed E-state index contributed by atoms with van der Waals surface area (Å²) in [6.07, 6.45) is 0.585. The normalized spacial score (nSPS) is 21.5. The first-order chi connectivity index (χ1) is 26.3. The van der Waals surface area contributed by atoms with Gasteiger partial charge in [0.2, 0.25) is 16.7 Å². The topological polar surface area (TPSA) is 206 Å². The number of urea groups is 1. The number of hydrazone groups is 1. The summed E-state index contributed by atoms with van der Waals surface area (Å²) in [6.45, 7) is -0.245. The molecule has 4 N–H and O–H groups in total. The maximum atomic E-state index is 14.7. The maximum Gasteiger partial charge on any atom is 0.345 e. The monoisotopic (exact) mass is 805 g/mol. The Morgan fingerprint density at radius 1 is 0.927 bits per heavy atom. The number of hydrogen-bond donors (Lipinski definition) is 4. The smallest absolute Gasteiger partial charge is 0.345 e. The van der Waals surface area contributed by atoms with Crippen LogP contribution in [0.15, 0.2) is 108 Å². The number of thioether (sulfide) groups is 1. The molecule has 0 radical (unpaired) electrons. The molecular formula is C37H32ClN5O10S2. The number of carbonyl (C=O) groups is 4. The molecule has 0 bridgehead atoms. The molecule has 284 valence electrons. The van der Waals surface area contributed by atoms with Gasteiger partial charge in [0.05, 0.1) is 19.3 Å². The number of β-lactam (4-membered cyclic amide) rings is 1. The minimum absolute atomic E-state index is 0.00779. The fourth-order valence-electron chi connectivity index (χ4n) is 6.66. The molecule has 1 unspecified atom stereocenters. The van der Waals surface area contributed by atoms with Crippen LogP contribution in [0.3, 0.4) is 0 Å². The van der Waals surface area contributed by atoms with Gasteiger partial charge in [-0.1, -0.05) is 114 Å². The Bertz CT molecular complexity index is 2250. The van der Waals surface area contributed by atoms with Crippen LogP contribution in [0.1, 0.15) is 33.6 Å². The van der Waals surface area contributed by atoms with E-state index in [1.54, 1.807) is 60.7 Å². The van der Waals surface area contributed by atoms with Crippen molar-refractivity contribution in [2.24, 2.45) is 5.10 Å². The first kappa shape index (κ1) is 37.7. The lowest BCUT2D eigenvalue weighted by Gasteiger charge is -2.41. The van der Waals surface area contributed by atoms with E-state index in [0.29, 0.717) is 17.2 Å². The predicted molar refractivity (Wildman–Crippen MR) is 200 cm³/mol. The van der Waals surface area contributed by atoms with Gasteiger partial charge in [-0.3, -0.25) is 19.0 Å². The van der Waals surface area contributed by atoms with Crippen molar-refractivity contribution < 1.29 is 47.1 Å². The first-order valence-electron chi connectivity index (χ1n) is 16.7. The van der Waals surface area contributed by atoms with Gasteiger partial charge in [0, 0.05) is 23.2 Å². The highest BCUT2D eigenvalue weighted by Crippen LogP contribution is 2.51. The summed E-state index contributed by atoms with van der Waals surface area (Å²) >= 11 is 6.97. The molecule has 3 fully saturated rings. The van der Waals surface area contributed by atoms with Gasteiger partial charge in [-0.15, -0.1) is 0 Å². The number of nitrogens with zero attached hydrogens (tertiary/aromatic N) is 4. The van der Waals surface area contributed by atoms with Crippen LogP contribution in [0.25, 0.3) is 0 Å². The lowest BCUT2D eigenvalue weighted by Crippen LogP contribution is -2.68. The number of amides is 4. The lowest BCUT2D eigenvalue weighted by molar-refractivity contribution is -0.157. The molecule has 0 saturated carbocycles. The minimum Gasteiger partial charge on any atom is -0.504 e. The number of carbonyl (C=O) groups excluding carboxylic acids is 4. The molecule has 7 rings (SSSR count). The molecule has 4 amide bonds. The summed E-state index contributed by atoms with van der Waals surface area (Å²) < 4.78 is 41.4. The second-order valence-electron chi connectivity index (χ2n) is 12.8. The van der Waals surface area contributed by atoms with Gasteiger partial charge in [0.15, 0.2) is 22.9 Å². The second kappa shape index (κ2) is 14.9. The molecule has 3 saturated heterocycles. The van der Waals surface area contributed by atoms with Crippen LogP contribution in [0, 0.1) is 0 Å². The molecule has 0 spiro atoms. The summed E-state index contributed by atoms with van der Waals surface area (Å²) in [5.41, 5.74) is 1.44. The average Bonchev–Trinajstić information content (AvgIpc) is 3.73. The number of benzene rings is 4. The third-order valence-electron chi connectivity index (χ3n) is 9.37. The zero-order valence-corrected chi connectivity index (χ0v) is 30.9. The molecule has 15 nitrogen and oxygen atoms in total. The van der Waals surface area contributed by atoms with Crippen LogP contribution >= 0.6 is 23.4 Å². The van der Waals surface area contributed by atoms with Gasteiger partial charge < -0.3 is 25.2 Å². The van der Waals surface area contributed by atoms with E-state index in [1.807, 2.05) is 30.3 Å². The zero-order chi connectivity index (χ0) is 39.1. The SMILES string of the molecule is O=C(N[C@@H]1C(=O)N2C[C@@](C(=O)OC(c3ccccc3)c3ccccc3)(N3CCN(N=Cc4ccccc4)C3=O)S[C@H]12)C(c1cc(O)c(O)cc1Cl)S(=O)(=O)O. The molecule has 3 heterocycles. The number of ether oxygens (including phenoxy) is 1. The third-order valence-corrected chi connectivity index (χ3v) is 12.4. The standard InChI is InChI=1S/C37H32ClN5O10S2/c38-26-19-28(45)27(44)18-25(26)31(55(50,51)52)32(46)40-29-33(47)41-21-37(54-34(29)41,42-16-17-43(36(42)49)39-20-22-10-4-1-5-11-22)35(48)53-30(23-12-6-2-7-13-23)24-14-8-3-9-15-24/h1-15,18-20,29-31,34,44-45H,16-17,21H2,(H,40,46)(H,50,51,52)/t29-,31?,34-,37-/m1/s1. The van der Waals surface area contributed by atoms with Crippen molar-refractivity contribution in [3.8, 4) is 11.5 Å². The van der Waals surface area contributed by atoms with Crippen LogP contribution in [0.2, 0.25) is 5.02 Å². The predicted octanol–water partition coefficient (Wildman–Crippen LogP) is 3.88. The fraction of sp³-hybridized carbons (Fsp3) is 0.216. The zero-order valence-electron chi connectivity index (χ0n) is 28.5. The van der Waals surface area contributed by atoms with Crippen molar-refractivity contribution >= 4 is 63.5 Å². The van der Waals surface area contributed by atoms with Crippen molar-refractivity contribution in [2.45, 2.75) is 27.6 Å². The van der Waals surface area contributed by atoms with Gasteiger partial charge in [-0.05, 0) is 22.8 Å². The fourth-order valence-corrected chi connectivity index (χ4v) is 9.52. The minimum atomic E-state index is -5.26. The number of esters is 1. The van der Waals surface area contributed by atoms with Gasteiger partial charge in [0.25, 0.3) is 10.1 Å². The Kier molecular flexibility index (Phi) is 10.2. The second-order valence-corrected chi connectivity index (χ2v) is 16.1. The van der Waals surface area contributed by atoms with E-state index in [9.17, 15) is 42.4 Å². The van der Waals surface area contributed by atoms with Crippen molar-refractivity contribution in [1.29, 1.82) is 0 Å². The van der Waals surface area contributed by atoms with Crippen molar-refractivity contribution in [2.75, 3.05) is 19.6 Å². The molecule has 4 aromatic carbocycles.